The summed E-state index contributed by atoms with van der Waals surface area (Å²) in [6, 6.07) is 0. The topological polar surface area (TPSA) is 17.1 Å². The second-order valence-corrected chi connectivity index (χ2v) is 5.83. The van der Waals surface area contributed by atoms with E-state index in [4.69, 9.17) is 0 Å². The number of hydrogen-bond donors (Lipinski definition) is 0. The molecule has 0 aromatic rings. The maximum absolute atomic E-state index is 12.0. The van der Waals surface area contributed by atoms with Gasteiger partial charge in [0.1, 0.15) is 5.78 Å². The van der Waals surface area contributed by atoms with Crippen LogP contribution in [0.1, 0.15) is 52.4 Å². The number of carbonyl (C=O) groups excluding carboxylic acids is 1. The molecule has 0 bridgehead atoms. The summed E-state index contributed by atoms with van der Waals surface area (Å²) in [4.78, 5) is 12.0. The van der Waals surface area contributed by atoms with Crippen molar-refractivity contribution in [2.75, 3.05) is 0 Å². The Morgan fingerprint density at radius 1 is 1.50 bits per heavy atom. The smallest absolute Gasteiger partial charge is 0.137 e. The van der Waals surface area contributed by atoms with E-state index >= 15 is 0 Å². The molecule has 0 heterocycles. The monoisotopic (exact) mass is 218 g/mol. The molecule has 0 amide bonds. The van der Waals surface area contributed by atoms with Crippen molar-refractivity contribution in [3.63, 3.8) is 0 Å². The lowest BCUT2D eigenvalue weighted by atomic mass is 9.72. The fourth-order valence-corrected chi connectivity index (χ4v) is 3.12. The Bertz CT molecular complexity index is 350. The van der Waals surface area contributed by atoms with Gasteiger partial charge < -0.3 is 0 Å². The Labute approximate surface area is 98.6 Å². The van der Waals surface area contributed by atoms with Crippen molar-refractivity contribution in [2.45, 2.75) is 52.4 Å². The normalized spacial score (nSPS) is 35.0. The number of Topliss-reactive ketones (excluding diaryl/α,β-unsaturated/α-hetero) is 1. The molecule has 2 aliphatic carbocycles. The van der Waals surface area contributed by atoms with Crippen molar-refractivity contribution in [2.24, 2.45) is 11.3 Å². The molecule has 0 aliphatic heterocycles. The minimum Gasteiger partial charge on any atom is -0.299 e. The number of ketones is 1. The first-order valence-corrected chi connectivity index (χ1v) is 6.38. The standard InChI is InChI=1S/C15H22O/c1-11(2)12-6-8-15(3)7-4-5-13(15)10-14(16)9-12/h5,12H,1,4,6-10H2,2-3H3/t12-,15-/m1/s1. The van der Waals surface area contributed by atoms with Crippen molar-refractivity contribution < 1.29 is 4.79 Å². The molecule has 2 aliphatic rings. The lowest BCUT2D eigenvalue weighted by molar-refractivity contribution is -0.119. The lowest BCUT2D eigenvalue weighted by Crippen LogP contribution is -2.24. The van der Waals surface area contributed by atoms with Crippen LogP contribution < -0.4 is 0 Å². The molecule has 2 atom stereocenters. The first-order valence-electron chi connectivity index (χ1n) is 6.38. The first kappa shape index (κ1) is 11.6. The number of fused-ring (bicyclic) bond motifs is 1. The molecular weight excluding hydrogens is 196 g/mol. The van der Waals surface area contributed by atoms with E-state index in [1.807, 2.05) is 0 Å². The summed E-state index contributed by atoms with van der Waals surface area (Å²) in [5, 5.41) is 0. The molecule has 0 aromatic heterocycles. The fraction of sp³-hybridized carbons (Fsp3) is 0.667. The minimum absolute atomic E-state index is 0.309. The van der Waals surface area contributed by atoms with Crippen LogP contribution in [0.5, 0.6) is 0 Å². The Hall–Kier alpha value is -0.850. The van der Waals surface area contributed by atoms with Gasteiger partial charge in [-0.25, -0.2) is 0 Å². The maximum atomic E-state index is 12.0. The second kappa shape index (κ2) is 4.20. The summed E-state index contributed by atoms with van der Waals surface area (Å²) in [5.74, 6) is 0.832. The van der Waals surface area contributed by atoms with Gasteiger partial charge in [0, 0.05) is 12.8 Å². The van der Waals surface area contributed by atoms with Gasteiger partial charge in [-0.15, -0.1) is 0 Å². The number of rotatable bonds is 1. The highest BCUT2D eigenvalue weighted by Gasteiger charge is 2.35. The van der Waals surface area contributed by atoms with E-state index in [-0.39, 0.29) is 0 Å². The molecule has 0 N–H and O–H groups in total. The average Bonchev–Trinajstić information content (AvgIpc) is 2.52. The van der Waals surface area contributed by atoms with E-state index in [1.165, 1.54) is 24.0 Å². The molecule has 1 nitrogen and oxygen atoms in total. The predicted octanol–water partition coefficient (Wildman–Crippen LogP) is 4.05. The number of carbonyl (C=O) groups is 1. The predicted molar refractivity (Wildman–Crippen MR) is 67.2 cm³/mol. The van der Waals surface area contributed by atoms with Crippen molar-refractivity contribution in [1.29, 1.82) is 0 Å². The Morgan fingerprint density at radius 3 is 2.94 bits per heavy atom. The van der Waals surface area contributed by atoms with Crippen LogP contribution in [0.3, 0.4) is 0 Å². The first-order chi connectivity index (χ1) is 7.51. The molecule has 2 rings (SSSR count). The third-order valence-electron chi connectivity index (χ3n) is 4.47. The summed E-state index contributed by atoms with van der Waals surface area (Å²) >= 11 is 0. The van der Waals surface area contributed by atoms with Gasteiger partial charge in [-0.05, 0) is 43.9 Å². The highest BCUT2D eigenvalue weighted by Crippen LogP contribution is 2.47. The minimum atomic E-state index is 0.309. The third kappa shape index (κ3) is 2.14. The van der Waals surface area contributed by atoms with Gasteiger partial charge in [-0.1, -0.05) is 30.7 Å². The van der Waals surface area contributed by atoms with Gasteiger partial charge in [0.25, 0.3) is 0 Å². The van der Waals surface area contributed by atoms with Crippen LogP contribution in [-0.4, -0.2) is 5.78 Å². The van der Waals surface area contributed by atoms with Crippen LogP contribution >= 0.6 is 0 Å². The number of allylic oxidation sites excluding steroid dienone is 3. The van der Waals surface area contributed by atoms with Crippen molar-refractivity contribution in [3.05, 3.63) is 23.8 Å². The molecule has 0 radical (unpaired) electrons. The summed E-state index contributed by atoms with van der Waals surface area (Å²) in [6.45, 7) is 8.42. The molecule has 0 unspecified atom stereocenters. The van der Waals surface area contributed by atoms with E-state index in [1.54, 1.807) is 0 Å². The fourth-order valence-electron chi connectivity index (χ4n) is 3.12. The van der Waals surface area contributed by atoms with Crippen LogP contribution in [0.25, 0.3) is 0 Å². The van der Waals surface area contributed by atoms with Gasteiger partial charge in [-0.2, -0.15) is 0 Å². The molecular formula is C15H22O. The summed E-state index contributed by atoms with van der Waals surface area (Å²) in [5.41, 5.74) is 2.91. The van der Waals surface area contributed by atoms with Crippen molar-refractivity contribution in [1.82, 2.24) is 0 Å². The van der Waals surface area contributed by atoms with Crippen LogP contribution in [0.15, 0.2) is 23.8 Å². The summed E-state index contributed by atoms with van der Waals surface area (Å²) in [7, 11) is 0. The zero-order valence-corrected chi connectivity index (χ0v) is 10.5. The van der Waals surface area contributed by atoms with Crippen LogP contribution in [0.2, 0.25) is 0 Å². The van der Waals surface area contributed by atoms with Crippen LogP contribution in [-0.2, 0) is 4.79 Å². The SMILES string of the molecule is C=C(C)[C@@H]1CC[C@@]2(C)CCC=C2CC(=O)C1. The Balaban J connectivity index is 2.18. The van der Waals surface area contributed by atoms with Gasteiger partial charge in [0.05, 0.1) is 0 Å². The second-order valence-electron chi connectivity index (χ2n) is 5.83. The Morgan fingerprint density at radius 2 is 2.25 bits per heavy atom. The van der Waals surface area contributed by atoms with Crippen molar-refractivity contribution in [3.8, 4) is 0 Å². The molecule has 88 valence electrons. The van der Waals surface area contributed by atoms with E-state index < -0.39 is 0 Å². The van der Waals surface area contributed by atoms with Gasteiger partial charge >= 0.3 is 0 Å². The zero-order valence-electron chi connectivity index (χ0n) is 10.5. The highest BCUT2D eigenvalue weighted by molar-refractivity contribution is 5.82. The van der Waals surface area contributed by atoms with E-state index in [9.17, 15) is 4.79 Å². The molecule has 1 saturated carbocycles. The van der Waals surface area contributed by atoms with Gasteiger partial charge in [-0.3, -0.25) is 4.79 Å². The zero-order chi connectivity index (χ0) is 11.8. The average molecular weight is 218 g/mol. The van der Waals surface area contributed by atoms with Crippen LogP contribution in [0, 0.1) is 11.3 Å². The molecule has 16 heavy (non-hydrogen) atoms. The number of hydrogen-bond acceptors (Lipinski definition) is 1. The molecule has 1 heteroatoms. The van der Waals surface area contributed by atoms with E-state index in [0.29, 0.717) is 30.0 Å². The van der Waals surface area contributed by atoms with E-state index in [0.717, 1.165) is 12.8 Å². The molecule has 0 spiro atoms. The maximum Gasteiger partial charge on any atom is 0.137 e. The Kier molecular flexibility index (Phi) is 3.05. The molecule has 0 aromatic carbocycles. The van der Waals surface area contributed by atoms with Gasteiger partial charge in [0.2, 0.25) is 0 Å². The highest BCUT2D eigenvalue weighted by atomic mass is 16.1. The quantitative estimate of drug-likeness (QED) is 0.607. The van der Waals surface area contributed by atoms with Crippen LogP contribution in [0.4, 0.5) is 0 Å². The largest absolute Gasteiger partial charge is 0.299 e. The molecule has 0 saturated heterocycles. The van der Waals surface area contributed by atoms with E-state index in [2.05, 4.69) is 26.5 Å². The third-order valence-corrected chi connectivity index (χ3v) is 4.47. The summed E-state index contributed by atoms with van der Waals surface area (Å²) < 4.78 is 0. The molecule has 1 fully saturated rings. The summed E-state index contributed by atoms with van der Waals surface area (Å²) in [6.07, 6.45) is 8.47. The van der Waals surface area contributed by atoms with Crippen molar-refractivity contribution >= 4 is 5.78 Å². The lowest BCUT2D eigenvalue weighted by Gasteiger charge is -2.32. The van der Waals surface area contributed by atoms with Gasteiger partial charge in [0.15, 0.2) is 0 Å².